The number of halogens is 1. The van der Waals surface area contributed by atoms with Crippen molar-refractivity contribution in [3.63, 3.8) is 0 Å². The third kappa shape index (κ3) is 4.60. The number of nitrogens with zero attached hydrogens (tertiary/aromatic N) is 1. The van der Waals surface area contributed by atoms with Crippen LogP contribution in [-0.4, -0.2) is 47.5 Å². The molecule has 1 heterocycles. The van der Waals surface area contributed by atoms with Gasteiger partial charge in [0, 0.05) is 18.0 Å². The maximum absolute atomic E-state index is 13.6. The standard InChI is InChI=1S/C18H26FNO4/c1-5-23-16-7-6-12(19)10-14(16)13-8-9-20(11-15(13)21)17(22)24-18(2,3)4/h6-7,10,13,15,21H,5,8-9,11H2,1-4H3/t13-,15-/m1/s1. The second-order valence-electron chi connectivity index (χ2n) is 7.00. The van der Waals surface area contributed by atoms with Crippen LogP contribution in [0.25, 0.3) is 0 Å². The number of ether oxygens (including phenoxy) is 2. The first kappa shape index (κ1) is 18.5. The van der Waals surface area contributed by atoms with Crippen LogP contribution in [0.5, 0.6) is 5.75 Å². The van der Waals surface area contributed by atoms with E-state index in [-0.39, 0.29) is 18.3 Å². The maximum Gasteiger partial charge on any atom is 0.410 e. The van der Waals surface area contributed by atoms with Crippen molar-refractivity contribution in [1.82, 2.24) is 4.90 Å². The van der Waals surface area contributed by atoms with Crippen LogP contribution < -0.4 is 4.74 Å². The largest absolute Gasteiger partial charge is 0.494 e. The van der Waals surface area contributed by atoms with Crippen molar-refractivity contribution in [2.45, 2.75) is 51.7 Å². The molecule has 0 aromatic heterocycles. The van der Waals surface area contributed by atoms with Crippen molar-refractivity contribution >= 4 is 6.09 Å². The highest BCUT2D eigenvalue weighted by atomic mass is 19.1. The molecule has 0 radical (unpaired) electrons. The molecule has 1 aromatic rings. The van der Waals surface area contributed by atoms with E-state index in [1.807, 2.05) is 6.92 Å². The van der Waals surface area contributed by atoms with Crippen LogP contribution in [-0.2, 0) is 4.74 Å². The van der Waals surface area contributed by atoms with Gasteiger partial charge in [0.15, 0.2) is 0 Å². The third-order valence-corrected chi connectivity index (χ3v) is 3.90. The lowest BCUT2D eigenvalue weighted by molar-refractivity contribution is -0.00175. The van der Waals surface area contributed by atoms with Gasteiger partial charge >= 0.3 is 6.09 Å². The Morgan fingerprint density at radius 2 is 2.12 bits per heavy atom. The van der Waals surface area contributed by atoms with Crippen LogP contribution in [0.15, 0.2) is 18.2 Å². The predicted molar refractivity (Wildman–Crippen MR) is 88.7 cm³/mol. The van der Waals surface area contributed by atoms with Crippen molar-refractivity contribution in [3.05, 3.63) is 29.6 Å². The Kier molecular flexibility index (Phi) is 5.70. The number of piperidine rings is 1. The molecule has 2 atom stereocenters. The molecular formula is C18H26FNO4. The number of likely N-dealkylation sites (tertiary alicyclic amines) is 1. The van der Waals surface area contributed by atoms with Gasteiger partial charge in [-0.1, -0.05) is 0 Å². The second-order valence-corrected chi connectivity index (χ2v) is 7.00. The Morgan fingerprint density at radius 3 is 2.71 bits per heavy atom. The Balaban J connectivity index is 2.11. The van der Waals surface area contributed by atoms with Gasteiger partial charge < -0.3 is 19.5 Å². The lowest BCUT2D eigenvalue weighted by Crippen LogP contribution is -2.47. The zero-order valence-electron chi connectivity index (χ0n) is 14.7. The molecule has 1 aliphatic heterocycles. The Bertz CT molecular complexity index is 585. The summed E-state index contributed by atoms with van der Waals surface area (Å²) in [6.45, 7) is 8.32. The summed E-state index contributed by atoms with van der Waals surface area (Å²) in [6.07, 6.45) is -0.722. The normalized spacial score (nSPS) is 21.5. The van der Waals surface area contributed by atoms with Crippen LogP contribution in [0.2, 0.25) is 0 Å². The molecule has 5 nitrogen and oxygen atoms in total. The van der Waals surface area contributed by atoms with Gasteiger partial charge in [0.1, 0.15) is 17.2 Å². The van der Waals surface area contributed by atoms with Crippen LogP contribution in [0.1, 0.15) is 45.6 Å². The van der Waals surface area contributed by atoms with E-state index in [9.17, 15) is 14.3 Å². The van der Waals surface area contributed by atoms with Crippen LogP contribution in [0.3, 0.4) is 0 Å². The van der Waals surface area contributed by atoms with E-state index in [2.05, 4.69) is 0 Å². The highest BCUT2D eigenvalue weighted by Gasteiger charge is 2.34. The van der Waals surface area contributed by atoms with E-state index in [1.54, 1.807) is 26.8 Å². The first-order chi connectivity index (χ1) is 11.2. The van der Waals surface area contributed by atoms with Crippen LogP contribution in [0, 0.1) is 5.82 Å². The van der Waals surface area contributed by atoms with Crippen molar-refractivity contribution in [1.29, 1.82) is 0 Å². The molecule has 0 aliphatic carbocycles. The summed E-state index contributed by atoms with van der Waals surface area (Å²) in [7, 11) is 0. The molecule has 0 spiro atoms. The van der Waals surface area contributed by atoms with Crippen molar-refractivity contribution in [2.24, 2.45) is 0 Å². The average molecular weight is 339 g/mol. The van der Waals surface area contributed by atoms with Gasteiger partial charge in [0.25, 0.3) is 0 Å². The van der Waals surface area contributed by atoms with Gasteiger partial charge in [-0.3, -0.25) is 0 Å². The molecule has 24 heavy (non-hydrogen) atoms. The number of aliphatic hydroxyl groups excluding tert-OH is 1. The maximum atomic E-state index is 13.6. The molecule has 1 N–H and O–H groups in total. The average Bonchev–Trinajstić information content (AvgIpc) is 2.47. The Morgan fingerprint density at radius 1 is 1.42 bits per heavy atom. The lowest BCUT2D eigenvalue weighted by atomic mass is 9.86. The number of benzene rings is 1. The van der Waals surface area contributed by atoms with E-state index < -0.39 is 17.8 Å². The topological polar surface area (TPSA) is 59.0 Å². The Labute approximate surface area is 142 Å². The van der Waals surface area contributed by atoms with E-state index in [4.69, 9.17) is 9.47 Å². The number of hydrogen-bond donors (Lipinski definition) is 1. The molecule has 2 rings (SSSR count). The highest BCUT2D eigenvalue weighted by Crippen LogP contribution is 2.35. The molecule has 0 unspecified atom stereocenters. The first-order valence-corrected chi connectivity index (χ1v) is 8.29. The summed E-state index contributed by atoms with van der Waals surface area (Å²) >= 11 is 0. The summed E-state index contributed by atoms with van der Waals surface area (Å²) in [5.41, 5.74) is 0.0667. The van der Waals surface area contributed by atoms with E-state index >= 15 is 0 Å². The van der Waals surface area contributed by atoms with Gasteiger partial charge in [-0.15, -0.1) is 0 Å². The van der Waals surface area contributed by atoms with Gasteiger partial charge in [-0.25, -0.2) is 9.18 Å². The minimum atomic E-state index is -0.799. The molecule has 1 aliphatic rings. The molecule has 0 saturated carbocycles. The number of carbonyl (C=O) groups is 1. The number of hydrogen-bond acceptors (Lipinski definition) is 4. The van der Waals surface area contributed by atoms with Crippen LogP contribution in [0.4, 0.5) is 9.18 Å². The van der Waals surface area contributed by atoms with Crippen LogP contribution >= 0.6 is 0 Å². The first-order valence-electron chi connectivity index (χ1n) is 8.29. The minimum Gasteiger partial charge on any atom is -0.494 e. The molecule has 0 bridgehead atoms. The third-order valence-electron chi connectivity index (χ3n) is 3.90. The predicted octanol–water partition coefficient (Wildman–Crippen LogP) is 3.31. The molecular weight excluding hydrogens is 313 g/mol. The molecule has 1 amide bonds. The zero-order chi connectivity index (χ0) is 17.9. The van der Waals surface area contributed by atoms with Crippen molar-refractivity contribution < 1.29 is 23.8 Å². The van der Waals surface area contributed by atoms with Crippen molar-refractivity contribution in [3.8, 4) is 5.75 Å². The number of β-amino-alcohol motifs (C(OH)–C–C–N with tert-alkyl or cyclic N) is 1. The number of carbonyl (C=O) groups excluding carboxylic acids is 1. The molecule has 6 heteroatoms. The molecule has 134 valence electrons. The fraction of sp³-hybridized carbons (Fsp3) is 0.611. The van der Waals surface area contributed by atoms with Gasteiger partial charge in [0.05, 0.1) is 19.3 Å². The summed E-state index contributed by atoms with van der Waals surface area (Å²) in [6, 6.07) is 4.33. The Hall–Kier alpha value is -1.82. The fourth-order valence-corrected chi connectivity index (χ4v) is 2.88. The number of aliphatic hydroxyl groups is 1. The van der Waals surface area contributed by atoms with Gasteiger partial charge in [0.2, 0.25) is 0 Å². The second kappa shape index (κ2) is 7.38. The number of amides is 1. The molecule has 1 fully saturated rings. The smallest absolute Gasteiger partial charge is 0.410 e. The number of rotatable bonds is 3. The SMILES string of the molecule is CCOc1ccc(F)cc1[C@H]1CCN(C(=O)OC(C)(C)C)C[C@H]1O. The highest BCUT2D eigenvalue weighted by molar-refractivity contribution is 5.68. The summed E-state index contributed by atoms with van der Waals surface area (Å²) in [5, 5.41) is 10.5. The molecule has 1 aromatic carbocycles. The minimum absolute atomic E-state index is 0.154. The summed E-state index contributed by atoms with van der Waals surface area (Å²) in [5.74, 6) is -0.0650. The quantitative estimate of drug-likeness (QED) is 0.918. The summed E-state index contributed by atoms with van der Waals surface area (Å²) < 4.78 is 24.5. The van der Waals surface area contributed by atoms with E-state index in [1.165, 1.54) is 17.0 Å². The fourth-order valence-electron chi connectivity index (χ4n) is 2.88. The monoisotopic (exact) mass is 339 g/mol. The van der Waals surface area contributed by atoms with Crippen molar-refractivity contribution in [2.75, 3.05) is 19.7 Å². The van der Waals surface area contributed by atoms with E-state index in [0.717, 1.165) is 0 Å². The van der Waals surface area contributed by atoms with E-state index in [0.29, 0.717) is 30.9 Å². The van der Waals surface area contributed by atoms with Gasteiger partial charge in [-0.05, 0) is 52.3 Å². The lowest BCUT2D eigenvalue weighted by Gasteiger charge is -2.37. The molecule has 1 saturated heterocycles. The summed E-state index contributed by atoms with van der Waals surface area (Å²) in [4.78, 5) is 13.6. The zero-order valence-corrected chi connectivity index (χ0v) is 14.7. The van der Waals surface area contributed by atoms with Gasteiger partial charge in [-0.2, -0.15) is 0 Å².